The fraction of sp³-hybridized carbons (Fsp3) is 0.692. The standard InChI is InChI=1S/C13H23BrN4/c1-10(2)13-15-11(14)9-12(16-13)18(5)8-6-7-17(3)4/h9-10H,6-8H2,1-5H3. The number of anilines is 1. The Morgan fingerprint density at radius 1 is 1.17 bits per heavy atom. The van der Waals surface area contributed by atoms with Gasteiger partial charge in [0.25, 0.3) is 0 Å². The van der Waals surface area contributed by atoms with Crippen LogP contribution in [-0.4, -0.2) is 49.1 Å². The van der Waals surface area contributed by atoms with Gasteiger partial charge in [0, 0.05) is 25.6 Å². The average molecular weight is 315 g/mol. The second kappa shape index (κ2) is 7.04. The molecule has 0 radical (unpaired) electrons. The zero-order chi connectivity index (χ0) is 13.7. The molecular formula is C13H23BrN4. The molecule has 0 amide bonds. The van der Waals surface area contributed by atoms with Gasteiger partial charge in [0.2, 0.25) is 0 Å². The van der Waals surface area contributed by atoms with Crippen molar-refractivity contribution >= 4 is 21.7 Å². The van der Waals surface area contributed by atoms with E-state index in [4.69, 9.17) is 0 Å². The zero-order valence-electron chi connectivity index (χ0n) is 11.9. The number of nitrogens with zero attached hydrogens (tertiary/aromatic N) is 4. The number of hydrogen-bond donors (Lipinski definition) is 0. The van der Waals surface area contributed by atoms with Crippen LogP contribution in [0.25, 0.3) is 0 Å². The van der Waals surface area contributed by atoms with E-state index in [2.05, 4.69) is 70.7 Å². The average Bonchev–Trinajstić information content (AvgIpc) is 2.27. The van der Waals surface area contributed by atoms with Gasteiger partial charge in [0.1, 0.15) is 16.2 Å². The van der Waals surface area contributed by atoms with Crippen molar-refractivity contribution in [2.45, 2.75) is 26.2 Å². The van der Waals surface area contributed by atoms with E-state index < -0.39 is 0 Å². The Morgan fingerprint density at radius 3 is 2.39 bits per heavy atom. The van der Waals surface area contributed by atoms with Crippen LogP contribution in [0.2, 0.25) is 0 Å². The molecule has 0 N–H and O–H groups in total. The first-order chi connectivity index (χ1) is 8.40. The molecule has 0 aliphatic carbocycles. The van der Waals surface area contributed by atoms with Crippen molar-refractivity contribution in [2.75, 3.05) is 39.1 Å². The molecule has 1 aromatic rings. The lowest BCUT2D eigenvalue weighted by Gasteiger charge is -2.20. The first-order valence-corrected chi connectivity index (χ1v) is 7.09. The molecule has 102 valence electrons. The van der Waals surface area contributed by atoms with Gasteiger partial charge in [-0.05, 0) is 43.0 Å². The van der Waals surface area contributed by atoms with Crippen LogP contribution in [0.4, 0.5) is 5.82 Å². The van der Waals surface area contributed by atoms with Crippen LogP contribution in [0, 0.1) is 0 Å². The molecule has 0 saturated carbocycles. The molecule has 0 aliphatic heterocycles. The second-order valence-electron chi connectivity index (χ2n) is 5.14. The normalized spacial score (nSPS) is 11.3. The Bertz CT molecular complexity index is 379. The van der Waals surface area contributed by atoms with E-state index >= 15 is 0 Å². The molecule has 1 aromatic heterocycles. The van der Waals surface area contributed by atoms with Gasteiger partial charge in [-0.1, -0.05) is 13.8 Å². The van der Waals surface area contributed by atoms with E-state index in [0.717, 1.165) is 35.8 Å². The van der Waals surface area contributed by atoms with E-state index in [1.807, 2.05) is 6.07 Å². The summed E-state index contributed by atoms with van der Waals surface area (Å²) in [6, 6.07) is 1.97. The van der Waals surface area contributed by atoms with Crippen LogP contribution in [0.15, 0.2) is 10.7 Å². The fourth-order valence-electron chi connectivity index (χ4n) is 1.62. The second-order valence-corrected chi connectivity index (χ2v) is 5.95. The third kappa shape index (κ3) is 4.90. The molecule has 1 heterocycles. The van der Waals surface area contributed by atoms with Crippen molar-refractivity contribution in [3.05, 3.63) is 16.5 Å². The first kappa shape index (κ1) is 15.4. The lowest BCUT2D eigenvalue weighted by molar-refractivity contribution is 0.401. The van der Waals surface area contributed by atoms with Crippen molar-refractivity contribution in [1.29, 1.82) is 0 Å². The highest BCUT2D eigenvalue weighted by Crippen LogP contribution is 2.19. The Hall–Kier alpha value is -0.680. The first-order valence-electron chi connectivity index (χ1n) is 6.30. The Balaban J connectivity index is 2.69. The van der Waals surface area contributed by atoms with E-state index in [0.29, 0.717) is 5.92 Å². The summed E-state index contributed by atoms with van der Waals surface area (Å²) >= 11 is 3.45. The molecule has 18 heavy (non-hydrogen) atoms. The highest BCUT2D eigenvalue weighted by molar-refractivity contribution is 9.10. The van der Waals surface area contributed by atoms with Gasteiger partial charge in [0.15, 0.2) is 0 Å². The molecule has 1 rings (SSSR count). The molecule has 0 atom stereocenters. The van der Waals surface area contributed by atoms with Crippen molar-refractivity contribution in [2.24, 2.45) is 0 Å². The van der Waals surface area contributed by atoms with Crippen LogP contribution in [0.1, 0.15) is 32.0 Å². The van der Waals surface area contributed by atoms with E-state index in [-0.39, 0.29) is 0 Å². The van der Waals surface area contributed by atoms with Crippen molar-refractivity contribution in [3.8, 4) is 0 Å². The molecule has 0 bridgehead atoms. The van der Waals surface area contributed by atoms with Gasteiger partial charge in [-0.25, -0.2) is 9.97 Å². The number of halogens is 1. The molecule has 0 unspecified atom stereocenters. The minimum Gasteiger partial charge on any atom is -0.359 e. The van der Waals surface area contributed by atoms with Gasteiger partial charge in [-0.2, -0.15) is 0 Å². The van der Waals surface area contributed by atoms with Gasteiger partial charge >= 0.3 is 0 Å². The molecule has 0 aliphatic rings. The molecule has 0 saturated heterocycles. The minimum absolute atomic E-state index is 0.344. The molecule has 0 spiro atoms. The van der Waals surface area contributed by atoms with Crippen LogP contribution < -0.4 is 4.90 Å². The van der Waals surface area contributed by atoms with Crippen molar-refractivity contribution in [3.63, 3.8) is 0 Å². The molecule has 0 aromatic carbocycles. The quantitative estimate of drug-likeness (QED) is 0.756. The van der Waals surface area contributed by atoms with Crippen molar-refractivity contribution in [1.82, 2.24) is 14.9 Å². The fourth-order valence-corrected chi connectivity index (χ4v) is 2.00. The number of aromatic nitrogens is 2. The topological polar surface area (TPSA) is 32.3 Å². The summed E-state index contributed by atoms with van der Waals surface area (Å²) in [7, 11) is 6.27. The molecular weight excluding hydrogens is 292 g/mol. The Morgan fingerprint density at radius 2 is 1.83 bits per heavy atom. The number of rotatable bonds is 6. The summed E-state index contributed by atoms with van der Waals surface area (Å²) in [5.74, 6) is 2.22. The maximum atomic E-state index is 4.60. The van der Waals surface area contributed by atoms with Gasteiger partial charge < -0.3 is 9.80 Å². The maximum Gasteiger partial charge on any atom is 0.134 e. The molecule has 4 nitrogen and oxygen atoms in total. The van der Waals surface area contributed by atoms with Crippen LogP contribution in [-0.2, 0) is 0 Å². The van der Waals surface area contributed by atoms with Crippen LogP contribution in [0.3, 0.4) is 0 Å². The minimum atomic E-state index is 0.344. The third-order valence-electron chi connectivity index (χ3n) is 2.71. The zero-order valence-corrected chi connectivity index (χ0v) is 13.5. The molecule has 0 fully saturated rings. The van der Waals surface area contributed by atoms with Gasteiger partial charge in [-0.15, -0.1) is 0 Å². The predicted molar refractivity (Wildman–Crippen MR) is 80.3 cm³/mol. The lowest BCUT2D eigenvalue weighted by atomic mass is 10.2. The monoisotopic (exact) mass is 314 g/mol. The van der Waals surface area contributed by atoms with Gasteiger partial charge in [-0.3, -0.25) is 0 Å². The third-order valence-corrected chi connectivity index (χ3v) is 3.11. The van der Waals surface area contributed by atoms with Crippen molar-refractivity contribution < 1.29 is 0 Å². The van der Waals surface area contributed by atoms with Crippen LogP contribution >= 0.6 is 15.9 Å². The smallest absolute Gasteiger partial charge is 0.134 e. The van der Waals surface area contributed by atoms with E-state index in [1.54, 1.807) is 0 Å². The highest BCUT2D eigenvalue weighted by Gasteiger charge is 2.09. The largest absolute Gasteiger partial charge is 0.359 e. The lowest BCUT2D eigenvalue weighted by Crippen LogP contribution is -2.24. The van der Waals surface area contributed by atoms with E-state index in [1.165, 1.54) is 0 Å². The summed E-state index contributed by atoms with van der Waals surface area (Å²) in [5, 5.41) is 0. The SMILES string of the molecule is CC(C)c1nc(Br)cc(N(C)CCCN(C)C)n1. The summed E-state index contributed by atoms with van der Waals surface area (Å²) < 4.78 is 0.857. The van der Waals surface area contributed by atoms with Gasteiger partial charge in [0.05, 0.1) is 0 Å². The van der Waals surface area contributed by atoms with E-state index in [9.17, 15) is 0 Å². The highest BCUT2D eigenvalue weighted by atomic mass is 79.9. The maximum absolute atomic E-state index is 4.60. The Kier molecular flexibility index (Phi) is 6.02. The number of hydrogen-bond acceptors (Lipinski definition) is 4. The summed E-state index contributed by atoms with van der Waals surface area (Å²) in [6.07, 6.45) is 1.13. The Labute approximate surface area is 119 Å². The van der Waals surface area contributed by atoms with Crippen LogP contribution in [0.5, 0.6) is 0 Å². The summed E-state index contributed by atoms with van der Waals surface area (Å²) in [4.78, 5) is 13.4. The molecule has 5 heteroatoms. The predicted octanol–water partition coefficient (Wildman–Crippen LogP) is 2.75. The summed E-state index contributed by atoms with van der Waals surface area (Å²) in [5.41, 5.74) is 0. The summed E-state index contributed by atoms with van der Waals surface area (Å²) in [6.45, 7) is 6.31.